The van der Waals surface area contributed by atoms with Crippen molar-refractivity contribution in [2.75, 3.05) is 33.3 Å². The molecule has 7 heteroatoms. The Bertz CT molecular complexity index is 363. The number of hydrogen-bond donors (Lipinski definition) is 1. The number of hydrogen-bond acceptors (Lipinski definition) is 4. The number of carbonyl (C=O) groups is 3. The Kier molecular flexibility index (Phi) is 3.69. The highest BCUT2D eigenvalue weighted by Gasteiger charge is 2.33. The maximum atomic E-state index is 12.1. The van der Waals surface area contributed by atoms with E-state index in [0.717, 1.165) is 0 Å². The van der Waals surface area contributed by atoms with Gasteiger partial charge in [0, 0.05) is 32.6 Å². The predicted molar refractivity (Wildman–Crippen MR) is 61.7 cm³/mol. The molecule has 0 spiro atoms. The SMILES string of the molecule is COC(=O)N1CCN(C(=O)C2CCC(=O)N2)CC1. The van der Waals surface area contributed by atoms with E-state index in [-0.39, 0.29) is 23.9 Å². The summed E-state index contributed by atoms with van der Waals surface area (Å²) < 4.78 is 4.63. The van der Waals surface area contributed by atoms with Crippen LogP contribution in [0.15, 0.2) is 0 Å². The van der Waals surface area contributed by atoms with E-state index in [0.29, 0.717) is 39.0 Å². The second-order valence-electron chi connectivity index (χ2n) is 4.44. The van der Waals surface area contributed by atoms with Gasteiger partial charge in [0.25, 0.3) is 0 Å². The van der Waals surface area contributed by atoms with Crippen LogP contribution in [0.3, 0.4) is 0 Å². The molecule has 100 valence electrons. The molecule has 0 aromatic heterocycles. The number of methoxy groups -OCH3 is 1. The lowest BCUT2D eigenvalue weighted by Gasteiger charge is -2.35. The lowest BCUT2D eigenvalue weighted by Crippen LogP contribution is -2.54. The van der Waals surface area contributed by atoms with Crippen LogP contribution in [-0.2, 0) is 14.3 Å². The van der Waals surface area contributed by atoms with Crippen molar-refractivity contribution in [2.24, 2.45) is 0 Å². The van der Waals surface area contributed by atoms with Crippen molar-refractivity contribution in [2.45, 2.75) is 18.9 Å². The van der Waals surface area contributed by atoms with Gasteiger partial charge in [-0.05, 0) is 6.42 Å². The molecule has 1 atom stereocenters. The summed E-state index contributed by atoms with van der Waals surface area (Å²) in [5.41, 5.74) is 0. The first-order valence-electron chi connectivity index (χ1n) is 6.03. The molecule has 3 amide bonds. The summed E-state index contributed by atoms with van der Waals surface area (Å²) in [7, 11) is 1.34. The first-order valence-corrected chi connectivity index (χ1v) is 6.03. The molecular formula is C11H17N3O4. The summed E-state index contributed by atoms with van der Waals surface area (Å²) in [6.45, 7) is 1.92. The molecule has 2 saturated heterocycles. The number of nitrogens with zero attached hydrogens (tertiary/aromatic N) is 2. The van der Waals surface area contributed by atoms with Gasteiger partial charge < -0.3 is 19.9 Å². The fourth-order valence-corrected chi connectivity index (χ4v) is 2.26. The molecular weight excluding hydrogens is 238 g/mol. The van der Waals surface area contributed by atoms with Gasteiger partial charge in [0.2, 0.25) is 11.8 Å². The average Bonchev–Trinajstić information content (AvgIpc) is 2.84. The number of nitrogens with one attached hydrogen (secondary N) is 1. The molecule has 2 fully saturated rings. The van der Waals surface area contributed by atoms with Crippen molar-refractivity contribution in [3.8, 4) is 0 Å². The predicted octanol–water partition coefficient (Wildman–Crippen LogP) is -0.824. The van der Waals surface area contributed by atoms with Crippen molar-refractivity contribution >= 4 is 17.9 Å². The monoisotopic (exact) mass is 255 g/mol. The minimum Gasteiger partial charge on any atom is -0.453 e. The van der Waals surface area contributed by atoms with E-state index < -0.39 is 0 Å². The number of rotatable bonds is 1. The number of carbonyl (C=O) groups excluding carboxylic acids is 3. The Morgan fingerprint density at radius 1 is 1.22 bits per heavy atom. The molecule has 1 N–H and O–H groups in total. The van der Waals surface area contributed by atoms with Gasteiger partial charge in [0.15, 0.2) is 0 Å². The quantitative estimate of drug-likeness (QED) is 0.663. The highest BCUT2D eigenvalue weighted by atomic mass is 16.5. The molecule has 0 radical (unpaired) electrons. The van der Waals surface area contributed by atoms with Crippen LogP contribution in [0.1, 0.15) is 12.8 Å². The molecule has 2 aliphatic heterocycles. The normalized spacial score (nSPS) is 23.8. The van der Waals surface area contributed by atoms with E-state index >= 15 is 0 Å². The molecule has 2 heterocycles. The van der Waals surface area contributed by atoms with Gasteiger partial charge in [0.1, 0.15) is 6.04 Å². The lowest BCUT2D eigenvalue weighted by atomic mass is 10.2. The smallest absolute Gasteiger partial charge is 0.409 e. The van der Waals surface area contributed by atoms with Gasteiger partial charge >= 0.3 is 6.09 Å². The van der Waals surface area contributed by atoms with Crippen LogP contribution in [0, 0.1) is 0 Å². The summed E-state index contributed by atoms with van der Waals surface area (Å²) in [5.74, 6) is -0.119. The van der Waals surface area contributed by atoms with Gasteiger partial charge in [-0.3, -0.25) is 9.59 Å². The van der Waals surface area contributed by atoms with E-state index in [2.05, 4.69) is 10.1 Å². The zero-order valence-corrected chi connectivity index (χ0v) is 10.3. The Balaban J connectivity index is 1.84. The van der Waals surface area contributed by atoms with Crippen LogP contribution in [0.2, 0.25) is 0 Å². The summed E-state index contributed by atoms with van der Waals surface area (Å²) in [6, 6.07) is -0.387. The fraction of sp³-hybridized carbons (Fsp3) is 0.727. The Labute approximate surface area is 105 Å². The molecule has 0 aromatic carbocycles. The van der Waals surface area contributed by atoms with Crippen molar-refractivity contribution < 1.29 is 19.1 Å². The second kappa shape index (κ2) is 5.24. The minimum absolute atomic E-state index is 0.0506. The third-order valence-corrected chi connectivity index (χ3v) is 3.32. The van der Waals surface area contributed by atoms with Crippen molar-refractivity contribution in [1.82, 2.24) is 15.1 Å². The Morgan fingerprint density at radius 2 is 1.83 bits per heavy atom. The molecule has 7 nitrogen and oxygen atoms in total. The van der Waals surface area contributed by atoms with E-state index in [1.807, 2.05) is 0 Å². The summed E-state index contributed by atoms with van der Waals surface area (Å²) in [5, 5.41) is 2.66. The minimum atomic E-state index is -0.387. The average molecular weight is 255 g/mol. The summed E-state index contributed by atoms with van der Waals surface area (Å²) in [6.07, 6.45) is 0.615. The third kappa shape index (κ3) is 2.55. The molecule has 2 aliphatic rings. The molecule has 0 aromatic rings. The maximum Gasteiger partial charge on any atom is 0.409 e. The van der Waals surface area contributed by atoms with Crippen LogP contribution < -0.4 is 5.32 Å². The largest absolute Gasteiger partial charge is 0.453 e. The van der Waals surface area contributed by atoms with Crippen molar-refractivity contribution in [3.63, 3.8) is 0 Å². The van der Waals surface area contributed by atoms with Gasteiger partial charge in [0.05, 0.1) is 7.11 Å². The lowest BCUT2D eigenvalue weighted by molar-refractivity contribution is -0.135. The Hall–Kier alpha value is -1.79. The van der Waals surface area contributed by atoms with Crippen molar-refractivity contribution in [3.05, 3.63) is 0 Å². The summed E-state index contributed by atoms with van der Waals surface area (Å²) >= 11 is 0. The van der Waals surface area contributed by atoms with Crippen LogP contribution in [-0.4, -0.2) is 67.0 Å². The topological polar surface area (TPSA) is 79.0 Å². The number of ether oxygens (including phenoxy) is 1. The third-order valence-electron chi connectivity index (χ3n) is 3.32. The molecule has 2 rings (SSSR count). The van der Waals surface area contributed by atoms with Crippen LogP contribution in [0.25, 0.3) is 0 Å². The van der Waals surface area contributed by atoms with E-state index in [4.69, 9.17) is 0 Å². The molecule has 0 saturated carbocycles. The van der Waals surface area contributed by atoms with Gasteiger partial charge in [-0.1, -0.05) is 0 Å². The van der Waals surface area contributed by atoms with Crippen LogP contribution >= 0.6 is 0 Å². The van der Waals surface area contributed by atoms with E-state index in [9.17, 15) is 14.4 Å². The molecule has 0 bridgehead atoms. The van der Waals surface area contributed by atoms with Gasteiger partial charge in [-0.25, -0.2) is 4.79 Å². The molecule has 0 aliphatic carbocycles. The van der Waals surface area contributed by atoms with Gasteiger partial charge in [-0.2, -0.15) is 0 Å². The zero-order valence-electron chi connectivity index (χ0n) is 10.3. The Morgan fingerprint density at radius 3 is 2.33 bits per heavy atom. The first kappa shape index (κ1) is 12.7. The highest BCUT2D eigenvalue weighted by Crippen LogP contribution is 2.12. The molecule has 1 unspecified atom stereocenters. The second-order valence-corrected chi connectivity index (χ2v) is 4.44. The fourth-order valence-electron chi connectivity index (χ4n) is 2.26. The standard InChI is InChI=1S/C11H17N3O4/c1-18-11(17)14-6-4-13(5-7-14)10(16)8-2-3-9(15)12-8/h8H,2-7H2,1H3,(H,12,15). The first-order chi connectivity index (χ1) is 8.61. The number of amides is 3. The van der Waals surface area contributed by atoms with Crippen LogP contribution in [0.5, 0.6) is 0 Å². The van der Waals surface area contributed by atoms with Crippen LogP contribution in [0.4, 0.5) is 4.79 Å². The molecule has 18 heavy (non-hydrogen) atoms. The van der Waals surface area contributed by atoms with E-state index in [1.165, 1.54) is 7.11 Å². The van der Waals surface area contributed by atoms with Crippen molar-refractivity contribution in [1.29, 1.82) is 0 Å². The maximum absolute atomic E-state index is 12.1. The van der Waals surface area contributed by atoms with E-state index in [1.54, 1.807) is 9.80 Å². The highest BCUT2D eigenvalue weighted by molar-refractivity contribution is 5.90. The zero-order chi connectivity index (χ0) is 13.1. The van der Waals surface area contributed by atoms with Gasteiger partial charge in [-0.15, -0.1) is 0 Å². The number of piperazine rings is 1. The summed E-state index contributed by atoms with van der Waals surface area (Å²) in [4.78, 5) is 37.7.